The quantitative estimate of drug-likeness (QED) is 0.661. The standard InChI is InChI=1S/C21H23BrN2O/c1-3-5-21-24-19(17-12-16(22)10-11-20(17)25-21)13-18(23-24)15-8-6-14(4-2)7-9-15/h6-12,19,21H,3-5,13H2,1-2H3/t19-,21-/m1/s1. The fourth-order valence-corrected chi connectivity index (χ4v) is 4.06. The zero-order valence-corrected chi connectivity index (χ0v) is 16.3. The number of halogens is 1. The van der Waals surface area contributed by atoms with Crippen LogP contribution in [0.5, 0.6) is 5.75 Å². The molecule has 130 valence electrons. The number of nitrogens with zero attached hydrogens (tertiary/aromatic N) is 2. The summed E-state index contributed by atoms with van der Waals surface area (Å²) in [4.78, 5) is 0. The molecular weight excluding hydrogens is 376 g/mol. The number of hydrogen-bond acceptors (Lipinski definition) is 3. The first-order valence-electron chi connectivity index (χ1n) is 9.10. The van der Waals surface area contributed by atoms with Gasteiger partial charge in [0.25, 0.3) is 0 Å². The van der Waals surface area contributed by atoms with E-state index in [2.05, 4.69) is 77.3 Å². The van der Waals surface area contributed by atoms with Crippen molar-refractivity contribution in [2.45, 2.75) is 51.8 Å². The number of rotatable bonds is 4. The lowest BCUT2D eigenvalue weighted by atomic mass is 9.96. The maximum absolute atomic E-state index is 6.26. The summed E-state index contributed by atoms with van der Waals surface area (Å²) in [6.45, 7) is 4.38. The maximum atomic E-state index is 6.26. The molecule has 0 saturated carbocycles. The van der Waals surface area contributed by atoms with E-state index >= 15 is 0 Å². The van der Waals surface area contributed by atoms with Gasteiger partial charge in [0.15, 0.2) is 6.23 Å². The Kier molecular flexibility index (Phi) is 4.55. The molecule has 4 heteroatoms. The summed E-state index contributed by atoms with van der Waals surface area (Å²) in [5, 5.41) is 7.16. The van der Waals surface area contributed by atoms with Crippen LogP contribution in [0.15, 0.2) is 52.0 Å². The van der Waals surface area contributed by atoms with Crippen molar-refractivity contribution in [3.05, 3.63) is 63.6 Å². The molecule has 0 N–H and O–H groups in total. The summed E-state index contributed by atoms with van der Waals surface area (Å²) in [5.41, 5.74) is 4.97. The molecule has 2 heterocycles. The van der Waals surface area contributed by atoms with Crippen molar-refractivity contribution in [1.82, 2.24) is 5.01 Å². The lowest BCUT2D eigenvalue weighted by molar-refractivity contribution is -0.0223. The highest BCUT2D eigenvalue weighted by atomic mass is 79.9. The second-order valence-corrected chi connectivity index (χ2v) is 7.66. The van der Waals surface area contributed by atoms with Crippen molar-refractivity contribution in [2.24, 2.45) is 5.10 Å². The number of hydrogen-bond donors (Lipinski definition) is 0. The molecule has 0 fully saturated rings. The predicted molar refractivity (Wildman–Crippen MR) is 105 cm³/mol. The molecule has 0 aromatic heterocycles. The summed E-state index contributed by atoms with van der Waals surface area (Å²) in [6, 6.07) is 15.4. The first-order valence-corrected chi connectivity index (χ1v) is 9.90. The predicted octanol–water partition coefficient (Wildman–Crippen LogP) is 5.68. The third-order valence-corrected chi connectivity index (χ3v) is 5.56. The Morgan fingerprint density at radius 3 is 2.68 bits per heavy atom. The fraction of sp³-hybridized carbons (Fsp3) is 0.381. The normalized spacial score (nSPS) is 21.4. The number of ether oxygens (including phenoxy) is 1. The second kappa shape index (κ2) is 6.83. The van der Waals surface area contributed by atoms with Gasteiger partial charge < -0.3 is 4.74 Å². The third-order valence-electron chi connectivity index (χ3n) is 5.06. The summed E-state index contributed by atoms with van der Waals surface area (Å²) in [7, 11) is 0. The van der Waals surface area contributed by atoms with E-state index in [0.29, 0.717) is 0 Å². The molecule has 0 radical (unpaired) electrons. The average molecular weight is 399 g/mol. The van der Waals surface area contributed by atoms with Gasteiger partial charge in [-0.2, -0.15) is 5.10 Å². The molecule has 0 saturated heterocycles. The van der Waals surface area contributed by atoms with Gasteiger partial charge >= 0.3 is 0 Å². The Labute approximate surface area is 157 Å². The fourth-order valence-electron chi connectivity index (χ4n) is 3.68. The van der Waals surface area contributed by atoms with Crippen LogP contribution in [-0.2, 0) is 6.42 Å². The number of aryl methyl sites for hydroxylation is 1. The van der Waals surface area contributed by atoms with Crippen LogP contribution in [0.3, 0.4) is 0 Å². The molecule has 25 heavy (non-hydrogen) atoms. The van der Waals surface area contributed by atoms with E-state index in [9.17, 15) is 0 Å². The molecule has 0 aliphatic carbocycles. The van der Waals surface area contributed by atoms with Crippen LogP contribution in [0.1, 0.15) is 55.8 Å². The number of fused-ring (bicyclic) bond motifs is 3. The van der Waals surface area contributed by atoms with Gasteiger partial charge in [-0.25, -0.2) is 0 Å². The number of benzene rings is 2. The SMILES string of the molecule is CCC[C@H]1Oc2ccc(Br)cc2[C@H]2CC(c3ccc(CC)cc3)=NN21. The van der Waals surface area contributed by atoms with Gasteiger partial charge in [-0.15, -0.1) is 0 Å². The molecular formula is C21H23BrN2O. The summed E-state index contributed by atoms with van der Waals surface area (Å²) < 4.78 is 7.35. The van der Waals surface area contributed by atoms with Gasteiger partial charge in [0.2, 0.25) is 0 Å². The van der Waals surface area contributed by atoms with E-state index in [-0.39, 0.29) is 12.3 Å². The zero-order chi connectivity index (χ0) is 17.4. The topological polar surface area (TPSA) is 24.8 Å². The van der Waals surface area contributed by atoms with Crippen LogP contribution < -0.4 is 4.74 Å². The minimum Gasteiger partial charge on any atom is -0.469 e. The van der Waals surface area contributed by atoms with E-state index in [4.69, 9.17) is 9.84 Å². The number of hydrazone groups is 1. The lowest BCUT2D eigenvalue weighted by Crippen LogP contribution is -2.40. The van der Waals surface area contributed by atoms with E-state index in [1.54, 1.807) is 0 Å². The Balaban J connectivity index is 1.69. The molecule has 0 bridgehead atoms. The highest BCUT2D eigenvalue weighted by molar-refractivity contribution is 9.10. The van der Waals surface area contributed by atoms with E-state index in [1.807, 2.05) is 0 Å². The van der Waals surface area contributed by atoms with Gasteiger partial charge in [0.1, 0.15) is 5.75 Å². The molecule has 0 unspecified atom stereocenters. The first-order chi connectivity index (χ1) is 12.2. The van der Waals surface area contributed by atoms with Crippen LogP contribution in [-0.4, -0.2) is 16.9 Å². The largest absolute Gasteiger partial charge is 0.469 e. The van der Waals surface area contributed by atoms with E-state index in [0.717, 1.165) is 41.6 Å². The van der Waals surface area contributed by atoms with Crippen LogP contribution in [0.2, 0.25) is 0 Å². The second-order valence-electron chi connectivity index (χ2n) is 6.74. The Bertz CT molecular complexity index is 800. The lowest BCUT2D eigenvalue weighted by Gasteiger charge is -2.38. The molecule has 2 aliphatic rings. The van der Waals surface area contributed by atoms with Crippen LogP contribution in [0.4, 0.5) is 0 Å². The van der Waals surface area contributed by atoms with Crippen molar-refractivity contribution in [3.8, 4) is 5.75 Å². The Hall–Kier alpha value is -1.81. The van der Waals surface area contributed by atoms with Gasteiger partial charge in [-0.1, -0.05) is 60.5 Å². The Morgan fingerprint density at radius 1 is 1.16 bits per heavy atom. The maximum Gasteiger partial charge on any atom is 0.187 e. The summed E-state index contributed by atoms with van der Waals surface area (Å²) in [5.74, 6) is 1.00. The van der Waals surface area contributed by atoms with Gasteiger partial charge in [-0.05, 0) is 35.7 Å². The molecule has 4 rings (SSSR count). The van der Waals surface area contributed by atoms with Crippen LogP contribution in [0, 0.1) is 0 Å². The minimum atomic E-state index is 0.0242. The molecule has 3 nitrogen and oxygen atoms in total. The van der Waals surface area contributed by atoms with Gasteiger partial charge in [0.05, 0.1) is 11.8 Å². The highest BCUT2D eigenvalue weighted by Gasteiger charge is 2.39. The van der Waals surface area contributed by atoms with E-state index in [1.165, 1.54) is 16.7 Å². The van der Waals surface area contributed by atoms with Crippen molar-refractivity contribution >= 4 is 21.6 Å². The van der Waals surface area contributed by atoms with Crippen molar-refractivity contribution < 1.29 is 4.74 Å². The van der Waals surface area contributed by atoms with Crippen molar-refractivity contribution in [1.29, 1.82) is 0 Å². The van der Waals surface area contributed by atoms with Gasteiger partial charge in [0, 0.05) is 22.9 Å². The first kappa shape index (κ1) is 16.6. The van der Waals surface area contributed by atoms with Crippen molar-refractivity contribution in [3.63, 3.8) is 0 Å². The molecule has 2 aliphatic heterocycles. The molecule has 2 atom stereocenters. The van der Waals surface area contributed by atoms with Gasteiger partial charge in [-0.3, -0.25) is 5.01 Å². The van der Waals surface area contributed by atoms with Crippen LogP contribution >= 0.6 is 15.9 Å². The molecule has 0 spiro atoms. The average Bonchev–Trinajstić information content (AvgIpc) is 3.08. The molecule has 2 aromatic carbocycles. The summed E-state index contributed by atoms with van der Waals surface area (Å²) >= 11 is 3.60. The Morgan fingerprint density at radius 2 is 1.96 bits per heavy atom. The minimum absolute atomic E-state index is 0.0242. The summed E-state index contributed by atoms with van der Waals surface area (Å²) in [6.07, 6.45) is 4.08. The monoisotopic (exact) mass is 398 g/mol. The molecule has 0 amide bonds. The molecule has 2 aromatic rings. The smallest absolute Gasteiger partial charge is 0.187 e. The van der Waals surface area contributed by atoms with Crippen molar-refractivity contribution in [2.75, 3.05) is 0 Å². The third kappa shape index (κ3) is 3.08. The van der Waals surface area contributed by atoms with Crippen LogP contribution in [0.25, 0.3) is 0 Å². The zero-order valence-electron chi connectivity index (χ0n) is 14.7. The van der Waals surface area contributed by atoms with E-state index < -0.39 is 0 Å². The highest BCUT2D eigenvalue weighted by Crippen LogP contribution is 2.44.